The molecule has 0 radical (unpaired) electrons. The van der Waals surface area contributed by atoms with E-state index < -0.39 is 0 Å². The fourth-order valence-corrected chi connectivity index (χ4v) is 3.03. The number of amides is 1. The number of fused-ring (bicyclic) bond motifs is 1. The molecule has 0 spiro atoms. The van der Waals surface area contributed by atoms with Crippen LogP contribution in [0, 0.1) is 0 Å². The molecule has 3 rings (SSSR count). The first-order chi connectivity index (χ1) is 11.7. The lowest BCUT2D eigenvalue weighted by Gasteiger charge is -2.08. The molecule has 1 heterocycles. The molecular formula is C19H18BrN3O. The van der Waals surface area contributed by atoms with E-state index in [1.165, 1.54) is 0 Å². The highest BCUT2D eigenvalue weighted by molar-refractivity contribution is 9.10. The van der Waals surface area contributed by atoms with E-state index in [9.17, 15) is 4.79 Å². The third-order valence-electron chi connectivity index (χ3n) is 3.81. The molecule has 2 aromatic carbocycles. The van der Waals surface area contributed by atoms with Crippen molar-refractivity contribution in [3.63, 3.8) is 0 Å². The third kappa shape index (κ3) is 3.74. The van der Waals surface area contributed by atoms with Gasteiger partial charge in [0.15, 0.2) is 0 Å². The normalized spacial score (nSPS) is 10.6. The molecule has 24 heavy (non-hydrogen) atoms. The molecule has 122 valence electrons. The summed E-state index contributed by atoms with van der Waals surface area (Å²) in [5.74, 6) is 0.780. The maximum atomic E-state index is 11.7. The van der Waals surface area contributed by atoms with Crippen molar-refractivity contribution < 1.29 is 4.79 Å². The van der Waals surface area contributed by atoms with E-state index in [1.54, 1.807) is 7.05 Å². The fourth-order valence-electron chi connectivity index (χ4n) is 2.56. The summed E-state index contributed by atoms with van der Waals surface area (Å²) < 4.78 is 0.988. The van der Waals surface area contributed by atoms with Crippen LogP contribution in [0.5, 0.6) is 0 Å². The molecule has 0 saturated heterocycles. The summed E-state index contributed by atoms with van der Waals surface area (Å²) in [6.07, 6.45) is 0.820. The highest BCUT2D eigenvalue weighted by atomic mass is 79.9. The number of nitrogens with one attached hydrogen (secondary N) is 2. The van der Waals surface area contributed by atoms with Crippen molar-refractivity contribution in [3.8, 4) is 0 Å². The Labute approximate surface area is 149 Å². The minimum absolute atomic E-state index is 0.0640. The Morgan fingerprint density at radius 2 is 1.96 bits per heavy atom. The molecule has 5 heteroatoms. The van der Waals surface area contributed by atoms with Crippen molar-refractivity contribution in [2.24, 2.45) is 0 Å². The van der Waals surface area contributed by atoms with E-state index in [4.69, 9.17) is 0 Å². The quantitative estimate of drug-likeness (QED) is 0.699. The van der Waals surface area contributed by atoms with Crippen molar-refractivity contribution in [3.05, 3.63) is 70.2 Å². The Balaban J connectivity index is 1.66. The van der Waals surface area contributed by atoms with Crippen LogP contribution in [-0.4, -0.2) is 24.5 Å². The topological polar surface area (TPSA) is 54.0 Å². The largest absolute Gasteiger partial charge is 0.370 e. The van der Waals surface area contributed by atoms with Crippen LogP contribution in [0.3, 0.4) is 0 Å². The van der Waals surface area contributed by atoms with Gasteiger partial charge >= 0.3 is 0 Å². The Morgan fingerprint density at radius 1 is 1.12 bits per heavy atom. The monoisotopic (exact) mass is 383 g/mol. The second-order valence-corrected chi connectivity index (χ2v) is 6.32. The smallest absolute Gasteiger partial charge is 0.251 e. The molecule has 0 aliphatic heterocycles. The van der Waals surface area contributed by atoms with Gasteiger partial charge in [0.05, 0.1) is 5.52 Å². The number of para-hydroxylation sites is 1. The zero-order valence-electron chi connectivity index (χ0n) is 13.3. The number of halogens is 1. The van der Waals surface area contributed by atoms with Gasteiger partial charge in [-0.3, -0.25) is 4.79 Å². The lowest BCUT2D eigenvalue weighted by molar-refractivity contribution is 0.0963. The number of rotatable bonds is 5. The second kappa shape index (κ2) is 7.45. The van der Waals surface area contributed by atoms with Crippen LogP contribution >= 0.6 is 15.9 Å². The van der Waals surface area contributed by atoms with Crippen LogP contribution in [0.1, 0.15) is 15.9 Å². The Bertz CT molecular complexity index is 879. The van der Waals surface area contributed by atoms with E-state index in [0.29, 0.717) is 5.56 Å². The number of hydrogen-bond acceptors (Lipinski definition) is 3. The summed E-state index contributed by atoms with van der Waals surface area (Å²) in [4.78, 5) is 16.3. The van der Waals surface area contributed by atoms with Gasteiger partial charge in [0.2, 0.25) is 0 Å². The predicted octanol–water partition coefficient (Wildman–Crippen LogP) is 4.01. The highest BCUT2D eigenvalue weighted by Gasteiger charge is 2.04. The number of hydrogen-bond donors (Lipinski definition) is 2. The van der Waals surface area contributed by atoms with Gasteiger partial charge in [0.1, 0.15) is 5.82 Å². The summed E-state index contributed by atoms with van der Waals surface area (Å²) in [5.41, 5.74) is 2.75. The van der Waals surface area contributed by atoms with E-state index in [0.717, 1.165) is 39.7 Å². The molecule has 3 aromatic rings. The summed E-state index contributed by atoms with van der Waals surface area (Å²) in [6, 6.07) is 17.7. The van der Waals surface area contributed by atoms with Crippen LogP contribution in [0.15, 0.2) is 59.1 Å². The Morgan fingerprint density at radius 3 is 2.79 bits per heavy atom. The maximum absolute atomic E-state index is 11.7. The van der Waals surface area contributed by atoms with Gasteiger partial charge in [-0.25, -0.2) is 4.98 Å². The zero-order valence-corrected chi connectivity index (χ0v) is 14.9. The molecule has 1 amide bonds. The van der Waals surface area contributed by atoms with Crippen LogP contribution in [0.25, 0.3) is 10.9 Å². The lowest BCUT2D eigenvalue weighted by atomic mass is 10.1. The van der Waals surface area contributed by atoms with Gasteiger partial charge < -0.3 is 10.6 Å². The van der Waals surface area contributed by atoms with Crippen molar-refractivity contribution in [2.75, 3.05) is 18.9 Å². The van der Waals surface area contributed by atoms with Gasteiger partial charge in [-0.15, -0.1) is 0 Å². The van der Waals surface area contributed by atoms with E-state index in [-0.39, 0.29) is 5.91 Å². The molecule has 0 saturated carbocycles. The molecule has 0 bridgehead atoms. The highest BCUT2D eigenvalue weighted by Crippen LogP contribution is 2.23. The number of carbonyl (C=O) groups is 1. The SMILES string of the molecule is CNC(=O)c1cccc(CCNc2ccc3cccc(Br)c3n2)c1. The Hall–Kier alpha value is -2.40. The van der Waals surface area contributed by atoms with Crippen LogP contribution < -0.4 is 10.6 Å². The number of anilines is 1. The molecule has 4 nitrogen and oxygen atoms in total. The van der Waals surface area contributed by atoms with Gasteiger partial charge in [0.25, 0.3) is 5.91 Å². The van der Waals surface area contributed by atoms with Crippen molar-refractivity contribution >= 4 is 38.6 Å². The zero-order chi connectivity index (χ0) is 16.9. The molecule has 1 aromatic heterocycles. The number of aromatic nitrogens is 1. The molecule has 0 unspecified atom stereocenters. The van der Waals surface area contributed by atoms with Gasteiger partial charge in [-0.05, 0) is 58.2 Å². The minimum Gasteiger partial charge on any atom is -0.370 e. The van der Waals surface area contributed by atoms with Crippen LogP contribution in [0.4, 0.5) is 5.82 Å². The van der Waals surface area contributed by atoms with Gasteiger partial charge in [0, 0.05) is 29.0 Å². The van der Waals surface area contributed by atoms with E-state index in [1.807, 2.05) is 48.5 Å². The molecule has 0 aliphatic carbocycles. The third-order valence-corrected chi connectivity index (χ3v) is 4.45. The van der Waals surface area contributed by atoms with Crippen LogP contribution in [0.2, 0.25) is 0 Å². The van der Waals surface area contributed by atoms with Gasteiger partial charge in [-0.1, -0.05) is 24.3 Å². The summed E-state index contributed by atoms with van der Waals surface area (Å²) in [6.45, 7) is 0.750. The summed E-state index contributed by atoms with van der Waals surface area (Å²) in [7, 11) is 1.64. The summed E-state index contributed by atoms with van der Waals surface area (Å²) in [5, 5.41) is 7.09. The number of benzene rings is 2. The molecule has 0 aliphatic rings. The molecule has 0 fully saturated rings. The molecule has 0 atom stereocenters. The first-order valence-electron chi connectivity index (χ1n) is 7.77. The summed E-state index contributed by atoms with van der Waals surface area (Å²) >= 11 is 3.54. The second-order valence-electron chi connectivity index (χ2n) is 5.46. The average Bonchev–Trinajstić information content (AvgIpc) is 2.62. The maximum Gasteiger partial charge on any atom is 0.251 e. The van der Waals surface area contributed by atoms with E-state index in [2.05, 4.69) is 37.6 Å². The van der Waals surface area contributed by atoms with Gasteiger partial charge in [-0.2, -0.15) is 0 Å². The fraction of sp³-hybridized carbons (Fsp3) is 0.158. The van der Waals surface area contributed by atoms with Crippen molar-refractivity contribution in [2.45, 2.75) is 6.42 Å². The van der Waals surface area contributed by atoms with E-state index >= 15 is 0 Å². The molecule has 2 N–H and O–H groups in total. The number of pyridine rings is 1. The standard InChI is InChI=1S/C19H18BrN3O/c1-21-19(24)15-6-2-4-13(12-15)10-11-22-17-9-8-14-5-3-7-16(20)18(14)23-17/h2-9,12H,10-11H2,1H3,(H,21,24)(H,22,23). The first kappa shape index (κ1) is 16.5. The minimum atomic E-state index is -0.0640. The molecular weight excluding hydrogens is 366 g/mol. The number of carbonyl (C=O) groups excluding carboxylic acids is 1. The van der Waals surface area contributed by atoms with Crippen LogP contribution in [-0.2, 0) is 6.42 Å². The van der Waals surface area contributed by atoms with Crippen molar-refractivity contribution in [1.82, 2.24) is 10.3 Å². The number of nitrogens with zero attached hydrogens (tertiary/aromatic N) is 1. The van der Waals surface area contributed by atoms with Crippen molar-refractivity contribution in [1.29, 1.82) is 0 Å². The average molecular weight is 384 g/mol. The first-order valence-corrected chi connectivity index (χ1v) is 8.57. The Kier molecular flexibility index (Phi) is 5.11. The lowest BCUT2D eigenvalue weighted by Crippen LogP contribution is -2.18. The predicted molar refractivity (Wildman–Crippen MR) is 101 cm³/mol.